The van der Waals surface area contributed by atoms with Crippen LogP contribution in [-0.2, 0) is 24.0 Å². The number of nitrogens with two attached hydrogens (primary N) is 1. The van der Waals surface area contributed by atoms with Gasteiger partial charge in [0.15, 0.2) is 0 Å². The van der Waals surface area contributed by atoms with Gasteiger partial charge in [0.05, 0.1) is 19.1 Å². The maximum absolute atomic E-state index is 12.5. The molecule has 13 heteroatoms. The van der Waals surface area contributed by atoms with Gasteiger partial charge in [0.25, 0.3) is 0 Å². The minimum atomic E-state index is -1.48. The van der Waals surface area contributed by atoms with Gasteiger partial charge in [0.1, 0.15) is 18.1 Å². The Morgan fingerprint density at radius 3 is 1.93 bits per heavy atom. The van der Waals surface area contributed by atoms with Gasteiger partial charge in [-0.15, -0.1) is 0 Å². The van der Waals surface area contributed by atoms with Crippen LogP contribution >= 0.6 is 12.6 Å². The molecule has 0 saturated heterocycles. The largest absolute Gasteiger partial charge is 0.481 e. The van der Waals surface area contributed by atoms with Gasteiger partial charge in [-0.05, 0) is 5.92 Å². The predicted octanol–water partition coefficient (Wildman–Crippen LogP) is -2.70. The lowest BCUT2D eigenvalue weighted by Crippen LogP contribution is -2.59. The number of amides is 3. The summed E-state index contributed by atoms with van der Waals surface area (Å²) < 4.78 is 0. The summed E-state index contributed by atoms with van der Waals surface area (Å²) in [6, 6.07) is -5.33. The lowest BCUT2D eigenvalue weighted by molar-refractivity contribution is -0.142. The molecule has 0 bridgehead atoms. The number of aliphatic hydroxyl groups is 1. The van der Waals surface area contributed by atoms with Crippen molar-refractivity contribution in [3.63, 3.8) is 0 Å². The number of hydrogen-bond donors (Lipinski definition) is 8. The number of aliphatic carboxylic acids is 2. The van der Waals surface area contributed by atoms with Crippen LogP contribution in [0.15, 0.2) is 0 Å². The first kappa shape index (κ1) is 26.6. The second kappa shape index (κ2) is 13.0. The molecular weight excluding hydrogens is 408 g/mol. The molecule has 5 unspecified atom stereocenters. The lowest BCUT2D eigenvalue weighted by atomic mass is 9.97. The van der Waals surface area contributed by atoms with Crippen molar-refractivity contribution in [2.24, 2.45) is 11.7 Å². The molecule has 29 heavy (non-hydrogen) atoms. The van der Waals surface area contributed by atoms with Crippen LogP contribution in [0.4, 0.5) is 0 Å². The fraction of sp³-hybridized carbons (Fsp3) is 0.688. The Bertz CT molecular complexity index is 618. The SMILES string of the molecule is CCC(C)C(NC(=O)C(CO)NC(=O)C(N)CC(=O)O)C(=O)NC(CS)C(=O)O. The molecule has 166 valence electrons. The number of hydrogen-bond acceptors (Lipinski definition) is 8. The molecule has 0 radical (unpaired) electrons. The normalized spacial score (nSPS) is 15.9. The third-order valence-electron chi connectivity index (χ3n) is 4.14. The van der Waals surface area contributed by atoms with E-state index in [4.69, 9.17) is 15.9 Å². The maximum atomic E-state index is 12.5. The summed E-state index contributed by atoms with van der Waals surface area (Å²) in [5.74, 6) is -5.83. The lowest BCUT2D eigenvalue weighted by Gasteiger charge is -2.27. The Hall–Kier alpha value is -2.38. The second-order valence-electron chi connectivity index (χ2n) is 6.40. The minimum Gasteiger partial charge on any atom is -0.481 e. The van der Waals surface area contributed by atoms with Crippen molar-refractivity contribution in [3.05, 3.63) is 0 Å². The molecule has 0 aromatic carbocycles. The molecule has 0 aliphatic heterocycles. The van der Waals surface area contributed by atoms with Crippen molar-refractivity contribution in [2.75, 3.05) is 12.4 Å². The topological polar surface area (TPSA) is 208 Å². The highest BCUT2D eigenvalue weighted by atomic mass is 32.1. The summed E-state index contributed by atoms with van der Waals surface area (Å²) in [4.78, 5) is 58.5. The molecule has 0 saturated carbocycles. The zero-order valence-corrected chi connectivity index (χ0v) is 17.0. The molecule has 0 heterocycles. The van der Waals surface area contributed by atoms with Crippen LogP contribution in [0, 0.1) is 5.92 Å². The highest BCUT2D eigenvalue weighted by Gasteiger charge is 2.32. The van der Waals surface area contributed by atoms with Crippen LogP contribution in [-0.4, -0.2) is 81.5 Å². The predicted molar refractivity (Wildman–Crippen MR) is 104 cm³/mol. The quantitative estimate of drug-likeness (QED) is 0.141. The molecule has 8 N–H and O–H groups in total. The average Bonchev–Trinajstić information content (AvgIpc) is 2.66. The number of nitrogens with one attached hydrogen (secondary N) is 3. The molecule has 5 atom stereocenters. The Balaban J connectivity index is 5.23. The fourth-order valence-corrected chi connectivity index (χ4v) is 2.40. The third kappa shape index (κ3) is 9.11. The van der Waals surface area contributed by atoms with Gasteiger partial charge >= 0.3 is 11.9 Å². The van der Waals surface area contributed by atoms with Crippen LogP contribution in [0.25, 0.3) is 0 Å². The van der Waals surface area contributed by atoms with Gasteiger partial charge in [-0.25, -0.2) is 4.79 Å². The van der Waals surface area contributed by atoms with Crippen molar-refractivity contribution in [1.82, 2.24) is 16.0 Å². The molecule has 0 aromatic heterocycles. The van der Waals surface area contributed by atoms with E-state index in [1.54, 1.807) is 13.8 Å². The molecule has 0 aliphatic carbocycles. The number of carbonyl (C=O) groups excluding carboxylic acids is 3. The third-order valence-corrected chi connectivity index (χ3v) is 4.50. The Morgan fingerprint density at radius 1 is 0.966 bits per heavy atom. The van der Waals surface area contributed by atoms with E-state index in [0.717, 1.165) is 0 Å². The molecule has 0 rings (SSSR count). The monoisotopic (exact) mass is 436 g/mol. The molecule has 3 amide bonds. The number of thiol groups is 1. The van der Waals surface area contributed by atoms with Gasteiger partial charge in [0.2, 0.25) is 17.7 Å². The Kier molecular flexibility index (Phi) is 11.9. The number of carboxylic acid groups (broad SMARTS) is 2. The van der Waals surface area contributed by atoms with Crippen molar-refractivity contribution in [1.29, 1.82) is 0 Å². The Labute approximate surface area is 173 Å². The van der Waals surface area contributed by atoms with Crippen LogP contribution < -0.4 is 21.7 Å². The van der Waals surface area contributed by atoms with E-state index in [1.807, 2.05) is 0 Å². The van der Waals surface area contributed by atoms with Gasteiger partial charge in [-0.2, -0.15) is 12.6 Å². The smallest absolute Gasteiger partial charge is 0.327 e. The summed E-state index contributed by atoms with van der Waals surface area (Å²) in [5.41, 5.74) is 5.41. The second-order valence-corrected chi connectivity index (χ2v) is 6.77. The van der Waals surface area contributed by atoms with Crippen molar-refractivity contribution >= 4 is 42.3 Å². The van der Waals surface area contributed by atoms with Crippen LogP contribution in [0.1, 0.15) is 26.7 Å². The van der Waals surface area contributed by atoms with Crippen LogP contribution in [0.2, 0.25) is 0 Å². The number of carboxylic acids is 2. The first-order valence-electron chi connectivity index (χ1n) is 8.81. The minimum absolute atomic E-state index is 0.168. The molecule has 0 aliphatic rings. The van der Waals surface area contributed by atoms with Crippen molar-refractivity contribution < 1.29 is 39.3 Å². The van der Waals surface area contributed by atoms with Gasteiger partial charge < -0.3 is 37.0 Å². The fourth-order valence-electron chi connectivity index (χ4n) is 2.16. The summed E-state index contributed by atoms with van der Waals surface area (Å²) in [7, 11) is 0. The number of carbonyl (C=O) groups is 5. The molecule has 0 fully saturated rings. The van der Waals surface area contributed by atoms with Gasteiger partial charge in [-0.1, -0.05) is 20.3 Å². The summed E-state index contributed by atoms with van der Waals surface area (Å²) in [6.07, 6.45) is -0.222. The molecular formula is C16H28N4O8S. The van der Waals surface area contributed by atoms with E-state index in [2.05, 4.69) is 28.6 Å². The summed E-state index contributed by atoms with van der Waals surface area (Å²) in [5, 5.41) is 33.8. The summed E-state index contributed by atoms with van der Waals surface area (Å²) >= 11 is 3.85. The van der Waals surface area contributed by atoms with Crippen LogP contribution in [0.5, 0.6) is 0 Å². The van der Waals surface area contributed by atoms with E-state index in [0.29, 0.717) is 6.42 Å². The number of rotatable bonds is 13. The highest BCUT2D eigenvalue weighted by molar-refractivity contribution is 7.80. The van der Waals surface area contributed by atoms with E-state index < -0.39 is 72.8 Å². The molecule has 0 spiro atoms. The molecule has 12 nitrogen and oxygen atoms in total. The van der Waals surface area contributed by atoms with Gasteiger partial charge in [-0.3, -0.25) is 19.2 Å². The van der Waals surface area contributed by atoms with Crippen LogP contribution in [0.3, 0.4) is 0 Å². The van der Waals surface area contributed by atoms with Gasteiger partial charge in [0, 0.05) is 5.75 Å². The average molecular weight is 436 g/mol. The summed E-state index contributed by atoms with van der Waals surface area (Å²) in [6.45, 7) is 2.57. The highest BCUT2D eigenvalue weighted by Crippen LogP contribution is 2.09. The zero-order valence-electron chi connectivity index (χ0n) is 16.1. The van der Waals surface area contributed by atoms with Crippen molar-refractivity contribution in [2.45, 2.75) is 50.9 Å². The van der Waals surface area contributed by atoms with E-state index >= 15 is 0 Å². The van der Waals surface area contributed by atoms with E-state index in [-0.39, 0.29) is 5.75 Å². The van der Waals surface area contributed by atoms with E-state index in [1.165, 1.54) is 0 Å². The standard InChI is InChI=1S/C16H28N4O8S/c1-3-7(2)12(15(26)19-10(6-29)16(27)28)20-14(25)9(5-21)18-13(24)8(17)4-11(22)23/h7-10,12,21,29H,3-6,17H2,1-2H3,(H,18,24)(H,19,26)(H,20,25)(H,22,23)(H,27,28). The molecule has 0 aromatic rings. The first-order chi connectivity index (χ1) is 13.5. The number of aliphatic hydroxyl groups excluding tert-OH is 1. The Morgan fingerprint density at radius 2 is 1.52 bits per heavy atom. The first-order valence-corrected chi connectivity index (χ1v) is 9.44. The van der Waals surface area contributed by atoms with Crippen molar-refractivity contribution in [3.8, 4) is 0 Å². The van der Waals surface area contributed by atoms with E-state index in [9.17, 15) is 29.1 Å². The maximum Gasteiger partial charge on any atom is 0.327 e. The zero-order chi connectivity index (χ0) is 22.7.